The zero-order chi connectivity index (χ0) is 19.8. The van der Waals surface area contributed by atoms with Crippen LogP contribution in [0.25, 0.3) is 0 Å². The van der Waals surface area contributed by atoms with E-state index >= 15 is 0 Å². The first-order valence-corrected chi connectivity index (χ1v) is 9.47. The molecule has 0 saturated carbocycles. The van der Waals surface area contributed by atoms with Gasteiger partial charge in [-0.3, -0.25) is 0 Å². The number of hydrogen-bond donors (Lipinski definition) is 3. The molecule has 0 aromatic carbocycles. The zero-order valence-electron chi connectivity index (χ0n) is 16.3. The van der Waals surface area contributed by atoms with E-state index in [1.807, 2.05) is 32.9 Å². The van der Waals surface area contributed by atoms with Crippen LogP contribution < -0.4 is 10.6 Å². The fraction of sp³-hybridized carbons (Fsp3) is 0.474. The van der Waals surface area contributed by atoms with Crippen molar-refractivity contribution in [2.75, 3.05) is 30.4 Å². The van der Waals surface area contributed by atoms with Crippen molar-refractivity contribution in [1.82, 2.24) is 15.0 Å². The van der Waals surface area contributed by atoms with Crippen LogP contribution in [0, 0.1) is 18.3 Å². The molecule has 27 heavy (non-hydrogen) atoms. The molecule has 2 heterocycles. The molecule has 3 N–H and O–H groups in total. The fourth-order valence-electron chi connectivity index (χ4n) is 2.32. The van der Waals surface area contributed by atoms with E-state index in [0.717, 1.165) is 12.0 Å². The standard InChI is InChI=1S/C19H27ClN6O/c1-5-9-27-10-8-22-17-16(15(21)12(2)3)25-19(20)26-18(17)24-14-7-6-13(4)11-23-14/h6-7,11-12,21-22H,5,8-10H2,1-4H3,(H,23,24,25,26). The number of rotatable bonds is 10. The maximum atomic E-state index is 8.41. The maximum Gasteiger partial charge on any atom is 0.225 e. The summed E-state index contributed by atoms with van der Waals surface area (Å²) in [5, 5.41) is 15.0. The van der Waals surface area contributed by atoms with Crippen molar-refractivity contribution in [1.29, 1.82) is 5.41 Å². The molecule has 0 radical (unpaired) electrons. The topological polar surface area (TPSA) is 95.8 Å². The maximum absolute atomic E-state index is 8.41. The number of hydrogen-bond acceptors (Lipinski definition) is 7. The Labute approximate surface area is 165 Å². The van der Waals surface area contributed by atoms with Gasteiger partial charge in [0.25, 0.3) is 0 Å². The highest BCUT2D eigenvalue weighted by atomic mass is 35.5. The second kappa shape index (κ2) is 10.2. The van der Waals surface area contributed by atoms with Crippen LogP contribution in [-0.2, 0) is 4.74 Å². The highest BCUT2D eigenvalue weighted by molar-refractivity contribution is 6.28. The lowest BCUT2D eigenvalue weighted by molar-refractivity contribution is 0.144. The molecule has 2 aromatic heterocycles. The van der Waals surface area contributed by atoms with Gasteiger partial charge in [0.15, 0.2) is 5.82 Å². The summed E-state index contributed by atoms with van der Waals surface area (Å²) >= 11 is 6.13. The molecule has 0 fully saturated rings. The highest BCUT2D eigenvalue weighted by Crippen LogP contribution is 2.29. The van der Waals surface area contributed by atoms with Crippen molar-refractivity contribution in [3.05, 3.63) is 34.9 Å². The molecule has 2 aromatic rings. The third kappa shape index (κ3) is 6.15. The molecule has 0 bridgehead atoms. The number of aromatic nitrogens is 3. The smallest absolute Gasteiger partial charge is 0.225 e. The van der Waals surface area contributed by atoms with E-state index < -0.39 is 0 Å². The molecule has 0 aliphatic heterocycles. The van der Waals surface area contributed by atoms with E-state index in [-0.39, 0.29) is 11.2 Å². The van der Waals surface area contributed by atoms with Crippen LogP contribution in [0.2, 0.25) is 5.28 Å². The molecule has 0 aliphatic carbocycles. The van der Waals surface area contributed by atoms with Gasteiger partial charge in [0.2, 0.25) is 5.28 Å². The van der Waals surface area contributed by atoms with E-state index in [0.29, 0.717) is 48.5 Å². The molecule has 8 heteroatoms. The first kappa shape index (κ1) is 21.1. The molecule has 7 nitrogen and oxygen atoms in total. The van der Waals surface area contributed by atoms with E-state index in [1.165, 1.54) is 0 Å². The lowest BCUT2D eigenvalue weighted by Gasteiger charge is -2.18. The van der Waals surface area contributed by atoms with Crippen LogP contribution >= 0.6 is 11.6 Å². The number of pyridine rings is 1. The van der Waals surface area contributed by atoms with Crippen molar-refractivity contribution < 1.29 is 4.74 Å². The van der Waals surface area contributed by atoms with Gasteiger partial charge in [0.1, 0.15) is 17.2 Å². The largest absolute Gasteiger partial charge is 0.380 e. The summed E-state index contributed by atoms with van der Waals surface area (Å²) in [5.41, 5.74) is 2.56. The van der Waals surface area contributed by atoms with E-state index in [4.69, 9.17) is 21.7 Å². The summed E-state index contributed by atoms with van der Waals surface area (Å²) in [7, 11) is 0. The fourth-order valence-corrected chi connectivity index (χ4v) is 2.49. The van der Waals surface area contributed by atoms with Gasteiger partial charge in [-0.25, -0.2) is 9.97 Å². The normalized spacial score (nSPS) is 10.9. The summed E-state index contributed by atoms with van der Waals surface area (Å²) in [6.45, 7) is 9.77. The first-order valence-electron chi connectivity index (χ1n) is 9.10. The van der Waals surface area contributed by atoms with E-state index in [2.05, 4.69) is 32.5 Å². The van der Waals surface area contributed by atoms with Crippen LogP contribution in [0.15, 0.2) is 18.3 Å². The Morgan fingerprint density at radius 2 is 2.04 bits per heavy atom. The van der Waals surface area contributed by atoms with Crippen molar-refractivity contribution in [2.45, 2.75) is 34.1 Å². The average molecular weight is 391 g/mol. The minimum absolute atomic E-state index is 0.00166. The quantitative estimate of drug-likeness (QED) is 0.315. The molecule has 2 rings (SSSR count). The Kier molecular flexibility index (Phi) is 7.94. The molecule has 0 aliphatic rings. The average Bonchev–Trinajstić information content (AvgIpc) is 2.63. The molecule has 0 spiro atoms. The lowest BCUT2D eigenvalue weighted by Crippen LogP contribution is -2.19. The molecule has 0 atom stereocenters. The zero-order valence-corrected chi connectivity index (χ0v) is 17.0. The van der Waals surface area contributed by atoms with Crippen molar-refractivity contribution in [3.8, 4) is 0 Å². The van der Waals surface area contributed by atoms with Crippen molar-refractivity contribution in [2.24, 2.45) is 5.92 Å². The van der Waals surface area contributed by atoms with Gasteiger partial charge in [-0.05, 0) is 42.5 Å². The predicted molar refractivity (Wildman–Crippen MR) is 111 cm³/mol. The Hall–Kier alpha value is -2.25. The minimum Gasteiger partial charge on any atom is -0.380 e. The van der Waals surface area contributed by atoms with Gasteiger partial charge in [-0.2, -0.15) is 4.98 Å². The molecular weight excluding hydrogens is 364 g/mol. The summed E-state index contributed by atoms with van der Waals surface area (Å²) in [4.78, 5) is 13.0. The van der Waals surface area contributed by atoms with Gasteiger partial charge in [-0.1, -0.05) is 26.8 Å². The number of nitrogens with one attached hydrogen (secondary N) is 3. The number of aryl methyl sites for hydroxylation is 1. The third-order valence-corrected chi connectivity index (χ3v) is 3.94. The van der Waals surface area contributed by atoms with Crippen LogP contribution in [0.1, 0.15) is 38.4 Å². The predicted octanol–water partition coefficient (Wildman–Crippen LogP) is 4.44. The van der Waals surface area contributed by atoms with Crippen LogP contribution in [-0.4, -0.2) is 40.4 Å². The van der Waals surface area contributed by atoms with Gasteiger partial charge < -0.3 is 20.8 Å². The Balaban J connectivity index is 2.33. The van der Waals surface area contributed by atoms with Crippen LogP contribution in [0.5, 0.6) is 0 Å². The lowest BCUT2D eigenvalue weighted by atomic mass is 10.0. The van der Waals surface area contributed by atoms with Crippen LogP contribution in [0.4, 0.5) is 17.3 Å². The summed E-state index contributed by atoms with van der Waals surface area (Å²) in [6, 6.07) is 3.83. The van der Waals surface area contributed by atoms with Gasteiger partial charge >= 0.3 is 0 Å². The second-order valence-corrected chi connectivity index (χ2v) is 6.86. The summed E-state index contributed by atoms with van der Waals surface area (Å²) in [5.74, 6) is 1.13. The molecule has 0 saturated heterocycles. The van der Waals surface area contributed by atoms with Crippen molar-refractivity contribution >= 4 is 34.6 Å². The summed E-state index contributed by atoms with van der Waals surface area (Å²) in [6.07, 6.45) is 2.74. The highest BCUT2D eigenvalue weighted by Gasteiger charge is 2.19. The molecule has 146 valence electrons. The second-order valence-electron chi connectivity index (χ2n) is 6.52. The molecular formula is C19H27ClN6O. The number of anilines is 3. The van der Waals surface area contributed by atoms with Gasteiger partial charge in [-0.15, -0.1) is 0 Å². The summed E-state index contributed by atoms with van der Waals surface area (Å²) < 4.78 is 5.53. The Morgan fingerprint density at radius 1 is 1.26 bits per heavy atom. The number of halogens is 1. The minimum atomic E-state index is -0.00166. The number of nitrogens with zero attached hydrogens (tertiary/aromatic N) is 3. The molecule has 0 amide bonds. The monoisotopic (exact) mass is 390 g/mol. The number of ether oxygens (including phenoxy) is 1. The van der Waals surface area contributed by atoms with E-state index in [1.54, 1.807) is 6.20 Å². The van der Waals surface area contributed by atoms with Gasteiger partial charge in [0.05, 0.1) is 12.3 Å². The van der Waals surface area contributed by atoms with Crippen molar-refractivity contribution in [3.63, 3.8) is 0 Å². The Bertz CT molecular complexity index is 764. The van der Waals surface area contributed by atoms with Crippen LogP contribution in [0.3, 0.4) is 0 Å². The third-order valence-electron chi connectivity index (χ3n) is 3.77. The SMILES string of the molecule is CCCOCCNc1c(Nc2ccc(C)cn2)nc(Cl)nc1C(=N)C(C)C. The Morgan fingerprint density at radius 3 is 2.67 bits per heavy atom. The van der Waals surface area contributed by atoms with E-state index in [9.17, 15) is 0 Å². The first-order chi connectivity index (χ1) is 12.9. The van der Waals surface area contributed by atoms with Gasteiger partial charge in [0, 0.05) is 19.3 Å². The molecule has 0 unspecified atom stereocenters.